The molecule has 1 aromatic carbocycles. The lowest BCUT2D eigenvalue weighted by Crippen LogP contribution is -2.48. The Morgan fingerprint density at radius 2 is 1.83 bits per heavy atom. The average molecular weight is 412 g/mol. The summed E-state index contributed by atoms with van der Waals surface area (Å²) in [5.74, 6) is -1.80. The number of aromatic nitrogens is 2. The molecule has 0 fully saturated rings. The maximum Gasteiger partial charge on any atom is 0.425 e. The number of rotatable bonds is 7. The summed E-state index contributed by atoms with van der Waals surface area (Å²) in [7, 11) is 1.30. The van der Waals surface area contributed by atoms with Crippen molar-refractivity contribution in [2.24, 2.45) is 7.05 Å². The number of anilines is 1. The van der Waals surface area contributed by atoms with Crippen LogP contribution in [0.25, 0.3) is 0 Å². The molecule has 0 radical (unpaired) electrons. The second-order valence-corrected chi connectivity index (χ2v) is 6.71. The summed E-state index contributed by atoms with van der Waals surface area (Å²) in [6, 6.07) is 5.93. The molecule has 0 aliphatic carbocycles. The van der Waals surface area contributed by atoms with Crippen molar-refractivity contribution in [3.8, 4) is 0 Å². The van der Waals surface area contributed by atoms with Crippen molar-refractivity contribution in [2.45, 2.75) is 44.5 Å². The zero-order chi connectivity index (χ0) is 21.8. The van der Waals surface area contributed by atoms with Gasteiger partial charge in [0.05, 0.1) is 12.5 Å². The zero-order valence-corrected chi connectivity index (χ0v) is 16.2. The van der Waals surface area contributed by atoms with Crippen molar-refractivity contribution in [2.75, 3.05) is 5.32 Å². The average Bonchev–Trinajstić information content (AvgIpc) is 3.07. The molecular weight excluding hydrogens is 389 g/mol. The Morgan fingerprint density at radius 1 is 1.21 bits per heavy atom. The van der Waals surface area contributed by atoms with Crippen LogP contribution in [0.5, 0.6) is 0 Å². The summed E-state index contributed by atoms with van der Waals surface area (Å²) in [4.78, 5) is 27.2. The highest BCUT2D eigenvalue weighted by Gasteiger charge is 2.58. The monoisotopic (exact) mass is 412 g/mol. The number of benzene rings is 1. The Bertz CT molecular complexity index is 864. The molecule has 0 saturated heterocycles. The molecule has 2 unspecified atom stereocenters. The molecule has 2 aromatic rings. The first-order valence-electron chi connectivity index (χ1n) is 8.94. The van der Waals surface area contributed by atoms with Crippen molar-refractivity contribution in [3.63, 3.8) is 0 Å². The van der Waals surface area contributed by atoms with E-state index >= 15 is 0 Å². The van der Waals surface area contributed by atoms with Gasteiger partial charge in [0.2, 0.25) is 17.4 Å². The van der Waals surface area contributed by atoms with Crippen LogP contribution in [0.2, 0.25) is 0 Å². The van der Waals surface area contributed by atoms with Gasteiger partial charge in [0.25, 0.3) is 0 Å². The molecular formula is C19H23F3N4O3. The number of aliphatic hydroxyl groups is 1. The van der Waals surface area contributed by atoms with Crippen LogP contribution in [0.3, 0.4) is 0 Å². The lowest BCUT2D eigenvalue weighted by atomic mass is 9.96. The van der Waals surface area contributed by atoms with Crippen LogP contribution in [0, 0.1) is 0 Å². The molecule has 0 bridgehead atoms. The van der Waals surface area contributed by atoms with E-state index in [9.17, 15) is 27.9 Å². The predicted molar refractivity (Wildman–Crippen MR) is 99.7 cm³/mol. The number of carbonyl (C=O) groups excluding carboxylic acids is 2. The maximum atomic E-state index is 13.5. The number of aryl methyl sites for hydroxylation is 1. The second kappa shape index (κ2) is 8.64. The Balaban J connectivity index is 2.10. The Kier molecular flexibility index (Phi) is 6.68. The van der Waals surface area contributed by atoms with E-state index in [0.29, 0.717) is 17.7 Å². The molecule has 1 heterocycles. The fraction of sp³-hybridized carbons (Fsp3) is 0.421. The first kappa shape index (κ1) is 22.4. The van der Waals surface area contributed by atoms with Crippen molar-refractivity contribution in [1.82, 2.24) is 14.9 Å². The van der Waals surface area contributed by atoms with Crippen LogP contribution in [0.4, 0.5) is 18.9 Å². The number of hydrogen-bond donors (Lipinski definition) is 3. The molecule has 2 rings (SSSR count). The highest BCUT2D eigenvalue weighted by atomic mass is 19.4. The zero-order valence-electron chi connectivity index (χ0n) is 16.2. The molecule has 0 aliphatic rings. The normalized spacial score (nSPS) is 14.7. The quantitative estimate of drug-likeness (QED) is 0.652. The van der Waals surface area contributed by atoms with Gasteiger partial charge >= 0.3 is 6.18 Å². The minimum Gasteiger partial charge on any atom is -0.374 e. The van der Waals surface area contributed by atoms with Crippen molar-refractivity contribution in [1.29, 1.82) is 0 Å². The molecule has 0 spiro atoms. The fourth-order valence-corrected chi connectivity index (χ4v) is 2.78. The van der Waals surface area contributed by atoms with Gasteiger partial charge in [-0.3, -0.25) is 9.59 Å². The smallest absolute Gasteiger partial charge is 0.374 e. The van der Waals surface area contributed by atoms with Gasteiger partial charge < -0.3 is 20.3 Å². The molecule has 0 aliphatic heterocycles. The van der Waals surface area contributed by atoms with Gasteiger partial charge in [-0.2, -0.15) is 13.2 Å². The molecule has 158 valence electrons. The van der Waals surface area contributed by atoms with E-state index in [2.05, 4.69) is 15.6 Å². The number of halogens is 3. The lowest BCUT2D eigenvalue weighted by Gasteiger charge is -2.29. The molecule has 10 heteroatoms. The van der Waals surface area contributed by atoms with Crippen molar-refractivity contribution >= 4 is 17.5 Å². The lowest BCUT2D eigenvalue weighted by molar-refractivity contribution is -0.271. The molecule has 7 nitrogen and oxygen atoms in total. The first-order valence-corrected chi connectivity index (χ1v) is 8.94. The summed E-state index contributed by atoms with van der Waals surface area (Å²) >= 11 is 0. The van der Waals surface area contributed by atoms with Gasteiger partial charge in [-0.05, 0) is 24.6 Å². The summed E-state index contributed by atoms with van der Waals surface area (Å²) in [5.41, 5.74) is -2.22. The van der Waals surface area contributed by atoms with Crippen LogP contribution < -0.4 is 10.6 Å². The van der Waals surface area contributed by atoms with Gasteiger partial charge in [-0.1, -0.05) is 19.1 Å². The Hall–Kier alpha value is -2.88. The number of nitrogens with one attached hydrogen (secondary N) is 2. The van der Waals surface area contributed by atoms with E-state index < -0.39 is 36.0 Å². The third kappa shape index (κ3) is 5.14. The Morgan fingerprint density at radius 3 is 2.31 bits per heavy atom. The Labute approximate surface area is 165 Å². The number of hydrogen-bond acceptors (Lipinski definition) is 4. The van der Waals surface area contributed by atoms with E-state index in [1.165, 1.54) is 13.2 Å². The third-order valence-corrected chi connectivity index (χ3v) is 4.47. The number of amides is 2. The van der Waals surface area contributed by atoms with Crippen LogP contribution in [-0.4, -0.2) is 32.6 Å². The van der Waals surface area contributed by atoms with E-state index in [-0.39, 0.29) is 5.91 Å². The van der Waals surface area contributed by atoms with E-state index in [1.54, 1.807) is 38.1 Å². The van der Waals surface area contributed by atoms with E-state index in [4.69, 9.17) is 0 Å². The van der Waals surface area contributed by atoms with Gasteiger partial charge in [0.1, 0.15) is 0 Å². The predicted octanol–water partition coefficient (Wildman–Crippen LogP) is 2.79. The SMILES string of the molecule is CCC(=O)Nc1ccc(C(C)NC(=O)CC(O)(c2nccn2C)C(F)(F)F)cc1. The van der Waals surface area contributed by atoms with Gasteiger partial charge in [0.15, 0.2) is 5.82 Å². The number of carbonyl (C=O) groups is 2. The largest absolute Gasteiger partial charge is 0.425 e. The molecule has 3 N–H and O–H groups in total. The van der Waals surface area contributed by atoms with E-state index in [1.807, 2.05) is 0 Å². The molecule has 1 aromatic heterocycles. The van der Waals surface area contributed by atoms with Gasteiger partial charge in [-0.15, -0.1) is 0 Å². The summed E-state index contributed by atoms with van der Waals surface area (Å²) in [6.07, 6.45) is -3.62. The highest BCUT2D eigenvalue weighted by molar-refractivity contribution is 5.90. The molecule has 29 heavy (non-hydrogen) atoms. The summed E-state index contributed by atoms with van der Waals surface area (Å²) < 4.78 is 41.6. The standard InChI is InChI=1S/C19H23F3N4O3/c1-4-15(27)25-14-7-5-13(6-8-14)12(2)24-16(28)11-18(29,19(20,21)22)17-23-9-10-26(17)3/h5-10,12,29H,4,11H2,1-3H3,(H,24,28)(H,25,27). The topological polar surface area (TPSA) is 96.2 Å². The molecule has 2 amide bonds. The van der Waals surface area contributed by atoms with Crippen molar-refractivity contribution in [3.05, 3.63) is 48.0 Å². The number of nitrogens with zero attached hydrogens (tertiary/aromatic N) is 2. The fourth-order valence-electron chi connectivity index (χ4n) is 2.78. The molecule has 0 saturated carbocycles. The van der Waals surface area contributed by atoms with Gasteiger partial charge in [-0.25, -0.2) is 4.98 Å². The van der Waals surface area contributed by atoms with E-state index in [0.717, 1.165) is 10.8 Å². The third-order valence-electron chi connectivity index (χ3n) is 4.47. The second-order valence-electron chi connectivity index (χ2n) is 6.71. The van der Waals surface area contributed by atoms with Gasteiger partial charge in [0, 0.05) is 31.5 Å². The minimum atomic E-state index is -5.09. The summed E-state index contributed by atoms with van der Waals surface area (Å²) in [6.45, 7) is 3.32. The minimum absolute atomic E-state index is 0.153. The van der Waals surface area contributed by atoms with Crippen molar-refractivity contribution < 1.29 is 27.9 Å². The highest BCUT2D eigenvalue weighted by Crippen LogP contribution is 2.40. The number of imidazole rings is 1. The van der Waals surface area contributed by atoms with Crippen LogP contribution >= 0.6 is 0 Å². The maximum absolute atomic E-state index is 13.5. The molecule has 2 atom stereocenters. The first-order chi connectivity index (χ1) is 13.5. The van der Waals surface area contributed by atoms with Crippen LogP contribution in [-0.2, 0) is 22.2 Å². The number of alkyl halides is 3. The summed E-state index contributed by atoms with van der Waals surface area (Å²) in [5, 5.41) is 15.4. The van der Waals surface area contributed by atoms with Crippen LogP contribution in [0.1, 0.15) is 44.1 Å². The van der Waals surface area contributed by atoms with Crippen LogP contribution in [0.15, 0.2) is 36.7 Å².